The lowest BCUT2D eigenvalue weighted by Crippen LogP contribution is -2.54. The van der Waals surface area contributed by atoms with Gasteiger partial charge >= 0.3 is 0 Å². The Hall–Kier alpha value is -4.46. The molecule has 254 valence electrons. The quantitative estimate of drug-likeness (QED) is 0.423. The number of halogens is 1. The van der Waals surface area contributed by atoms with E-state index in [0.717, 1.165) is 88.0 Å². The largest absolute Gasteiger partial charge is 0.367 e. The lowest BCUT2D eigenvalue weighted by atomic mass is 9.95. The first kappa shape index (κ1) is 32.1. The summed E-state index contributed by atoms with van der Waals surface area (Å²) in [6.07, 6.45) is 10.9. The van der Waals surface area contributed by atoms with Gasteiger partial charge < -0.3 is 15.1 Å². The van der Waals surface area contributed by atoms with Crippen LogP contribution in [0.3, 0.4) is 0 Å². The minimum atomic E-state index is -1.09. The molecular weight excluding hydrogens is 619 g/mol. The van der Waals surface area contributed by atoms with E-state index in [1.54, 1.807) is 12.4 Å². The number of piperidine rings is 2. The smallest absolute Gasteiger partial charge is 0.271 e. The number of hydrogen-bond acceptors (Lipinski definition) is 10. The van der Waals surface area contributed by atoms with Crippen LogP contribution < -0.4 is 20.4 Å². The number of carbonyl (C=O) groups excluding carboxylic acids is 5. The fraction of sp³-hybridized carbons (Fsp3) is 0.559. The third-order valence-electron chi connectivity index (χ3n) is 10.5. The Morgan fingerprint density at radius 2 is 1.54 bits per heavy atom. The van der Waals surface area contributed by atoms with Gasteiger partial charge in [0.1, 0.15) is 23.4 Å². The van der Waals surface area contributed by atoms with Crippen molar-refractivity contribution in [2.75, 3.05) is 55.6 Å². The van der Waals surface area contributed by atoms with Gasteiger partial charge in [-0.05, 0) is 50.2 Å². The number of rotatable bonds is 7. The fourth-order valence-electron chi connectivity index (χ4n) is 7.71. The van der Waals surface area contributed by atoms with E-state index in [1.165, 1.54) is 12.5 Å². The zero-order valence-corrected chi connectivity index (χ0v) is 27.0. The molecule has 1 atom stereocenters. The monoisotopic (exact) mass is 660 g/mol. The molecule has 0 bridgehead atoms. The Labute approximate surface area is 278 Å². The number of carbonyl (C=O) groups is 5. The molecular formula is C34H41FN8O5. The lowest BCUT2D eigenvalue weighted by molar-refractivity contribution is -0.136. The molecule has 13 nitrogen and oxygen atoms in total. The van der Waals surface area contributed by atoms with E-state index in [4.69, 9.17) is 0 Å². The van der Waals surface area contributed by atoms with Gasteiger partial charge in [-0.25, -0.2) is 14.4 Å². The maximum absolute atomic E-state index is 15.3. The van der Waals surface area contributed by atoms with Crippen molar-refractivity contribution < 1.29 is 28.4 Å². The number of aromatic nitrogens is 2. The SMILES string of the molecule is O=C1CCC(N2C(=O)c3cc(F)c(N4CCN(CC5CCN(c6cnc(C(=O)NC7CCCCC7)cn6)CC5)CC4)cc3C2=O)C(=O)N1. The molecule has 1 unspecified atom stereocenters. The van der Waals surface area contributed by atoms with Crippen molar-refractivity contribution in [3.05, 3.63) is 47.2 Å². The molecule has 7 rings (SSSR count). The van der Waals surface area contributed by atoms with E-state index in [0.29, 0.717) is 24.7 Å². The van der Waals surface area contributed by atoms with Crippen LogP contribution in [0.5, 0.6) is 0 Å². The van der Waals surface area contributed by atoms with Gasteiger partial charge in [0, 0.05) is 58.3 Å². The Kier molecular flexibility index (Phi) is 9.08. The van der Waals surface area contributed by atoms with Gasteiger partial charge in [0.2, 0.25) is 11.8 Å². The van der Waals surface area contributed by atoms with Crippen molar-refractivity contribution in [1.82, 2.24) is 30.4 Å². The number of fused-ring (bicyclic) bond motifs is 1. The Bertz CT molecular complexity index is 1600. The first-order chi connectivity index (χ1) is 23.2. The second-order valence-electron chi connectivity index (χ2n) is 13.6. The predicted molar refractivity (Wildman–Crippen MR) is 173 cm³/mol. The summed E-state index contributed by atoms with van der Waals surface area (Å²) in [5.41, 5.74) is 0.648. The molecule has 1 aliphatic carbocycles. The van der Waals surface area contributed by atoms with Crippen LogP contribution in [0.25, 0.3) is 0 Å². The summed E-state index contributed by atoms with van der Waals surface area (Å²) in [6, 6.07) is 1.67. The summed E-state index contributed by atoms with van der Waals surface area (Å²) < 4.78 is 15.3. The zero-order valence-electron chi connectivity index (χ0n) is 27.0. The number of anilines is 2. The van der Waals surface area contributed by atoms with Gasteiger partial charge in [-0.3, -0.25) is 39.1 Å². The molecule has 0 radical (unpaired) electrons. The Balaban J connectivity index is 0.889. The van der Waals surface area contributed by atoms with Crippen molar-refractivity contribution in [3.63, 3.8) is 0 Å². The minimum Gasteiger partial charge on any atom is -0.367 e. The molecule has 5 amide bonds. The summed E-state index contributed by atoms with van der Waals surface area (Å²) in [6.45, 7) is 5.28. The molecule has 2 aromatic rings. The normalized spacial score (nSPS) is 23.0. The first-order valence-electron chi connectivity index (χ1n) is 17.2. The molecule has 3 saturated heterocycles. The summed E-state index contributed by atoms with van der Waals surface area (Å²) in [4.78, 5) is 79.1. The van der Waals surface area contributed by atoms with Gasteiger partial charge in [-0.2, -0.15) is 0 Å². The van der Waals surface area contributed by atoms with Crippen molar-refractivity contribution in [2.45, 2.75) is 69.9 Å². The molecule has 5 heterocycles. The molecule has 1 saturated carbocycles. The summed E-state index contributed by atoms with van der Waals surface area (Å²) in [5.74, 6) is -1.93. The van der Waals surface area contributed by atoms with Gasteiger partial charge in [0.15, 0.2) is 0 Å². The molecule has 14 heteroatoms. The van der Waals surface area contributed by atoms with E-state index >= 15 is 4.39 Å². The Morgan fingerprint density at radius 3 is 2.21 bits per heavy atom. The third kappa shape index (κ3) is 6.49. The highest BCUT2D eigenvalue weighted by atomic mass is 19.1. The van der Waals surface area contributed by atoms with E-state index in [2.05, 4.69) is 30.4 Å². The average Bonchev–Trinajstić information content (AvgIpc) is 3.33. The molecule has 48 heavy (non-hydrogen) atoms. The second-order valence-corrected chi connectivity index (χ2v) is 13.6. The number of imide groups is 2. The lowest BCUT2D eigenvalue weighted by Gasteiger charge is -2.40. The summed E-state index contributed by atoms with van der Waals surface area (Å²) in [5, 5.41) is 5.27. The average molecular weight is 661 g/mol. The van der Waals surface area contributed by atoms with Crippen molar-refractivity contribution in [1.29, 1.82) is 0 Å². The molecule has 0 spiro atoms. The highest BCUT2D eigenvalue weighted by Crippen LogP contribution is 2.33. The van der Waals surface area contributed by atoms with Gasteiger partial charge in [-0.15, -0.1) is 0 Å². The second kappa shape index (κ2) is 13.6. The van der Waals surface area contributed by atoms with Gasteiger partial charge in [0.05, 0.1) is 29.2 Å². The maximum atomic E-state index is 15.3. The summed E-state index contributed by atoms with van der Waals surface area (Å²) >= 11 is 0. The highest BCUT2D eigenvalue weighted by Gasteiger charge is 2.45. The third-order valence-corrected chi connectivity index (χ3v) is 10.5. The number of nitrogens with zero attached hydrogens (tertiary/aromatic N) is 6. The van der Waals surface area contributed by atoms with Crippen LogP contribution in [0.15, 0.2) is 24.5 Å². The Morgan fingerprint density at radius 1 is 0.833 bits per heavy atom. The number of benzene rings is 1. The number of piperazine rings is 1. The molecule has 1 aromatic carbocycles. The van der Waals surface area contributed by atoms with E-state index < -0.39 is 35.5 Å². The zero-order chi connectivity index (χ0) is 33.4. The van der Waals surface area contributed by atoms with Crippen LogP contribution in [0.2, 0.25) is 0 Å². The van der Waals surface area contributed by atoms with Crippen LogP contribution in [0, 0.1) is 11.7 Å². The standard InChI is InChI=1S/C34H41FN8O5/c35-25-16-23-24(34(48)43(33(23)47)27-6-7-30(44)39-32(27)46)17-28(25)41-14-12-40(13-15-41)20-21-8-10-42(11-9-21)29-19-36-26(18-37-29)31(45)38-22-4-2-1-3-5-22/h16-19,21-22,27H,1-15,20H2,(H,38,45)(H,39,44,46). The molecule has 5 aliphatic rings. The number of hydrogen-bond donors (Lipinski definition) is 2. The van der Waals surface area contributed by atoms with Crippen LogP contribution in [-0.4, -0.2) is 107 Å². The van der Waals surface area contributed by atoms with Crippen LogP contribution in [0.4, 0.5) is 15.9 Å². The molecule has 4 aliphatic heterocycles. The number of nitrogens with one attached hydrogen (secondary N) is 2. The minimum absolute atomic E-state index is 0.0247. The van der Waals surface area contributed by atoms with Gasteiger partial charge in [-0.1, -0.05) is 19.3 Å². The van der Waals surface area contributed by atoms with E-state index in [1.807, 2.05) is 4.90 Å². The van der Waals surface area contributed by atoms with E-state index in [-0.39, 0.29) is 41.6 Å². The van der Waals surface area contributed by atoms with Gasteiger partial charge in [0.25, 0.3) is 17.7 Å². The van der Waals surface area contributed by atoms with Crippen LogP contribution in [-0.2, 0) is 9.59 Å². The highest BCUT2D eigenvalue weighted by molar-refractivity contribution is 6.23. The molecule has 2 N–H and O–H groups in total. The van der Waals surface area contributed by atoms with Crippen molar-refractivity contribution in [2.24, 2.45) is 5.92 Å². The topological polar surface area (TPSA) is 148 Å². The summed E-state index contributed by atoms with van der Waals surface area (Å²) in [7, 11) is 0. The van der Waals surface area contributed by atoms with Crippen molar-refractivity contribution >= 4 is 41.0 Å². The van der Waals surface area contributed by atoms with Crippen LogP contribution >= 0.6 is 0 Å². The fourth-order valence-corrected chi connectivity index (χ4v) is 7.71. The molecule has 4 fully saturated rings. The predicted octanol–water partition coefficient (Wildman–Crippen LogP) is 2.12. The molecule has 1 aromatic heterocycles. The first-order valence-corrected chi connectivity index (χ1v) is 17.2. The van der Waals surface area contributed by atoms with Crippen LogP contribution in [0.1, 0.15) is 89.0 Å². The van der Waals surface area contributed by atoms with E-state index in [9.17, 15) is 24.0 Å². The van der Waals surface area contributed by atoms with Crippen molar-refractivity contribution in [3.8, 4) is 0 Å². The number of amides is 5. The maximum Gasteiger partial charge on any atom is 0.271 e.